The fourth-order valence-corrected chi connectivity index (χ4v) is 8.33. The number of carbonyl (C=O) groups is 5. The van der Waals surface area contributed by atoms with Crippen LogP contribution in [0.4, 0.5) is 0 Å². The van der Waals surface area contributed by atoms with Crippen LogP contribution in [0.25, 0.3) is 5.76 Å². The number of aliphatic hydroxyl groups is 1. The number of esters is 1. The summed E-state index contributed by atoms with van der Waals surface area (Å²) in [5, 5.41) is 21.6. The summed E-state index contributed by atoms with van der Waals surface area (Å²) < 4.78 is 15.7. The highest BCUT2D eigenvalue weighted by Gasteiger charge is 2.74. The van der Waals surface area contributed by atoms with Crippen LogP contribution in [0.5, 0.6) is 11.5 Å². The Labute approximate surface area is 344 Å². The molecule has 10 heteroatoms. The van der Waals surface area contributed by atoms with Crippen LogP contribution in [0.15, 0.2) is 82.0 Å². The second-order valence-electron chi connectivity index (χ2n) is 17.1. The topological polar surface area (TPSA) is 154 Å². The van der Waals surface area contributed by atoms with Gasteiger partial charge in [0.1, 0.15) is 16.7 Å². The van der Waals surface area contributed by atoms with Gasteiger partial charge in [-0.1, -0.05) is 65.2 Å². The van der Waals surface area contributed by atoms with Crippen molar-refractivity contribution in [3.63, 3.8) is 0 Å². The van der Waals surface area contributed by atoms with Crippen LogP contribution in [-0.4, -0.2) is 59.8 Å². The van der Waals surface area contributed by atoms with Gasteiger partial charge in [0.25, 0.3) is 0 Å². The normalized spacial score (nSPS) is 23.7. The maximum absolute atomic E-state index is 15.6. The van der Waals surface area contributed by atoms with Crippen LogP contribution in [0.2, 0.25) is 0 Å². The van der Waals surface area contributed by atoms with Crippen molar-refractivity contribution in [1.29, 1.82) is 0 Å². The molecule has 1 aromatic rings. The first-order chi connectivity index (χ1) is 27.2. The molecule has 10 nitrogen and oxygen atoms in total. The minimum Gasteiger partial charge on any atom is -0.506 e. The van der Waals surface area contributed by atoms with Crippen molar-refractivity contribution in [2.75, 3.05) is 20.3 Å². The molecule has 1 aromatic carbocycles. The maximum Gasteiger partial charge on any atom is 0.343 e. The lowest BCUT2D eigenvalue weighted by molar-refractivity contribution is -0.178. The van der Waals surface area contributed by atoms with Gasteiger partial charge in [-0.05, 0) is 143 Å². The summed E-state index contributed by atoms with van der Waals surface area (Å²) in [7, 11) is 1.19. The molecule has 0 heterocycles. The van der Waals surface area contributed by atoms with E-state index in [4.69, 9.17) is 9.47 Å². The number of allylic oxidation sites excluding steroid dienone is 11. The number of Topliss-reactive ketones (excluding diaryl/α,β-unsaturated/α-hetero) is 3. The number of aliphatic hydroxyl groups excluding tert-OH is 1. The number of ether oxygens (including phenoxy) is 3. The number of carboxylic acid groups (broad SMARTS) is 1. The zero-order valence-electron chi connectivity index (χ0n) is 36.4. The van der Waals surface area contributed by atoms with Gasteiger partial charge < -0.3 is 24.4 Å². The van der Waals surface area contributed by atoms with Gasteiger partial charge in [-0.2, -0.15) is 0 Å². The quantitative estimate of drug-likeness (QED) is 0.0345. The Morgan fingerprint density at radius 1 is 0.759 bits per heavy atom. The number of carbonyl (C=O) groups excluding carboxylic acids is 4. The van der Waals surface area contributed by atoms with Crippen molar-refractivity contribution < 1.29 is 48.4 Å². The van der Waals surface area contributed by atoms with E-state index in [9.17, 15) is 19.8 Å². The zero-order chi connectivity index (χ0) is 43.6. The van der Waals surface area contributed by atoms with Crippen LogP contribution < -0.4 is 9.47 Å². The van der Waals surface area contributed by atoms with Crippen LogP contribution in [0.1, 0.15) is 126 Å². The largest absolute Gasteiger partial charge is 0.506 e. The number of carboxylic acids is 1. The third-order valence-corrected chi connectivity index (χ3v) is 11.7. The number of aliphatic carboxylic acids is 1. The molecule has 0 aliphatic heterocycles. The highest BCUT2D eigenvalue weighted by molar-refractivity contribution is 6.41. The molecule has 316 valence electrons. The molecule has 2 bridgehead atoms. The molecule has 2 fully saturated rings. The van der Waals surface area contributed by atoms with Crippen LogP contribution in [0.3, 0.4) is 0 Å². The summed E-state index contributed by atoms with van der Waals surface area (Å²) in [6, 6.07) is 4.00. The number of methoxy groups -OCH3 is 1. The molecule has 3 rings (SSSR count). The average molecular weight is 801 g/mol. The van der Waals surface area contributed by atoms with E-state index in [1.165, 1.54) is 36.5 Å². The van der Waals surface area contributed by atoms with E-state index in [2.05, 4.69) is 43.7 Å². The Morgan fingerprint density at radius 2 is 1.34 bits per heavy atom. The van der Waals surface area contributed by atoms with E-state index >= 15 is 14.4 Å². The van der Waals surface area contributed by atoms with Crippen LogP contribution in [0, 0.1) is 22.2 Å². The minimum atomic E-state index is -1.72. The lowest BCUT2D eigenvalue weighted by Crippen LogP contribution is -2.70. The third kappa shape index (κ3) is 10.5. The van der Waals surface area contributed by atoms with E-state index in [1.54, 1.807) is 0 Å². The first-order valence-electron chi connectivity index (χ1n) is 20.1. The Balaban J connectivity index is 2.44. The number of hydrogen-bond donors (Lipinski definition) is 2. The van der Waals surface area contributed by atoms with Crippen molar-refractivity contribution in [1.82, 2.24) is 0 Å². The summed E-state index contributed by atoms with van der Waals surface area (Å²) in [6.07, 6.45) is 14.0. The van der Waals surface area contributed by atoms with Crippen molar-refractivity contribution in [2.24, 2.45) is 22.2 Å². The number of ketones is 3. The van der Waals surface area contributed by atoms with E-state index in [0.717, 1.165) is 29.6 Å². The highest BCUT2D eigenvalue weighted by Crippen LogP contribution is 2.67. The second-order valence-corrected chi connectivity index (χ2v) is 17.1. The molecule has 2 saturated carbocycles. The van der Waals surface area contributed by atoms with Crippen molar-refractivity contribution in [3.05, 3.63) is 87.6 Å². The van der Waals surface area contributed by atoms with Gasteiger partial charge in [0.2, 0.25) is 0 Å². The Hall–Kier alpha value is -4.99. The van der Waals surface area contributed by atoms with Gasteiger partial charge in [0.05, 0.1) is 12.5 Å². The summed E-state index contributed by atoms with van der Waals surface area (Å²) >= 11 is 0. The van der Waals surface area contributed by atoms with Gasteiger partial charge in [0, 0.05) is 5.56 Å². The molecular formula is C48H64O10. The van der Waals surface area contributed by atoms with Crippen molar-refractivity contribution >= 4 is 35.0 Å². The van der Waals surface area contributed by atoms with E-state index in [-0.39, 0.29) is 42.2 Å². The smallest absolute Gasteiger partial charge is 0.343 e. The van der Waals surface area contributed by atoms with Gasteiger partial charge in [-0.3, -0.25) is 14.4 Å². The fraction of sp³-hybridized carbons (Fsp3) is 0.521. The Morgan fingerprint density at radius 3 is 1.93 bits per heavy atom. The highest BCUT2D eigenvalue weighted by atomic mass is 16.6. The zero-order valence-corrected chi connectivity index (χ0v) is 36.4. The first kappa shape index (κ1) is 47.4. The van der Waals surface area contributed by atoms with Gasteiger partial charge in [-0.15, -0.1) is 0 Å². The molecule has 0 aromatic heterocycles. The Bertz CT molecular complexity index is 1940. The molecule has 58 heavy (non-hydrogen) atoms. The van der Waals surface area contributed by atoms with E-state index < -0.39 is 70.1 Å². The molecule has 4 atom stereocenters. The van der Waals surface area contributed by atoms with Gasteiger partial charge in [-0.25, -0.2) is 9.59 Å². The van der Waals surface area contributed by atoms with Crippen LogP contribution in [-0.2, 0) is 28.7 Å². The molecule has 0 radical (unpaired) electrons. The predicted molar refractivity (Wildman–Crippen MR) is 227 cm³/mol. The third-order valence-electron chi connectivity index (χ3n) is 11.7. The standard InChI is InChI=1S/C48H64O10/c1-30(2)14-12-16-34(9)17-19-36-27-47(24-21-32(5)6)43(53)41(42(52)35-18-20-37(58-29-40(51)56-11)38(26-35)57-28-39(49)50)44(54)48(45(47)55,25-22-33(7)8)46(36,10)23-13-15-31(3)4/h14-15,17-18,20-22,26,36,52H,12-13,16,19,23-25,27-29H2,1-11H3,(H,49,50)/b34-17+,42-41?/t36-,46+,47+,48-/m1/s1. The summed E-state index contributed by atoms with van der Waals surface area (Å²) in [4.78, 5) is 69.9. The molecule has 2 aliphatic rings. The Kier molecular flexibility index (Phi) is 16.4. The fourth-order valence-electron chi connectivity index (χ4n) is 8.33. The van der Waals surface area contributed by atoms with Crippen molar-refractivity contribution in [2.45, 2.75) is 121 Å². The van der Waals surface area contributed by atoms with E-state index in [1.807, 2.05) is 60.6 Å². The molecular weight excluding hydrogens is 737 g/mol. The lowest BCUT2D eigenvalue weighted by Gasteiger charge is -2.61. The minimum absolute atomic E-state index is 0.0256. The van der Waals surface area contributed by atoms with Gasteiger partial charge >= 0.3 is 11.9 Å². The summed E-state index contributed by atoms with van der Waals surface area (Å²) in [5.74, 6) is -4.92. The maximum atomic E-state index is 15.6. The monoisotopic (exact) mass is 800 g/mol. The molecule has 0 amide bonds. The number of rotatable bonds is 19. The van der Waals surface area contributed by atoms with Crippen LogP contribution >= 0.6 is 0 Å². The number of fused-ring (bicyclic) bond motifs is 2. The second kappa shape index (κ2) is 20.1. The molecule has 0 saturated heterocycles. The lowest BCUT2D eigenvalue weighted by atomic mass is 9.37. The number of hydrogen-bond acceptors (Lipinski definition) is 9. The molecule has 0 spiro atoms. The van der Waals surface area contributed by atoms with E-state index in [0.29, 0.717) is 19.3 Å². The number of benzene rings is 1. The molecule has 0 unspecified atom stereocenters. The SMILES string of the molecule is COC(=O)COc1ccc(C(O)=C2C(=O)[C@]3(CC=C(C)C)C[C@@H](C/C=C(\C)CCC=C(C)C)[C@](C)(CCC=C(C)C)[C@](CC=C(C)C)(C2=O)C3=O)cc1OCC(=O)O. The molecule has 2 N–H and O–H groups in total. The predicted octanol–water partition coefficient (Wildman–Crippen LogP) is 10.2. The van der Waals surface area contributed by atoms with Crippen molar-refractivity contribution in [3.8, 4) is 11.5 Å². The van der Waals surface area contributed by atoms with Gasteiger partial charge in [0.15, 0.2) is 42.1 Å². The first-order valence-corrected chi connectivity index (χ1v) is 20.1. The average Bonchev–Trinajstić information content (AvgIpc) is 3.14. The molecule has 2 aliphatic carbocycles. The summed E-state index contributed by atoms with van der Waals surface area (Å²) in [6.45, 7) is 18.6. The summed E-state index contributed by atoms with van der Waals surface area (Å²) in [5.41, 5.74) is 0.557.